The molecular weight excluding hydrogens is 466 g/mol. The lowest BCUT2D eigenvalue weighted by molar-refractivity contribution is 0.129. The van der Waals surface area contributed by atoms with Gasteiger partial charge in [0.05, 0.1) is 12.0 Å². The van der Waals surface area contributed by atoms with Gasteiger partial charge in [0.1, 0.15) is 5.75 Å². The lowest BCUT2D eigenvalue weighted by Gasteiger charge is -2.40. The van der Waals surface area contributed by atoms with Gasteiger partial charge in [0, 0.05) is 24.2 Å². The number of hydrogen-bond acceptors (Lipinski definition) is 5. The number of carbonyl (C=O) groups is 1. The highest BCUT2D eigenvalue weighted by Gasteiger charge is 2.35. The van der Waals surface area contributed by atoms with E-state index < -0.39 is 16.1 Å². The molecule has 5 N–H and O–H groups in total. The van der Waals surface area contributed by atoms with E-state index in [4.69, 9.17) is 9.88 Å². The molecule has 3 rings (SSSR count). The Hall–Kier alpha value is -2.62. The Morgan fingerprint density at radius 3 is 2.20 bits per heavy atom. The molecule has 2 aromatic rings. The summed E-state index contributed by atoms with van der Waals surface area (Å²) in [4.78, 5) is 11.4. The Labute approximate surface area is 208 Å². The van der Waals surface area contributed by atoms with E-state index in [1.807, 2.05) is 12.1 Å². The number of sulfonamides is 1. The van der Waals surface area contributed by atoms with Gasteiger partial charge in [-0.25, -0.2) is 18.4 Å². The van der Waals surface area contributed by atoms with Gasteiger partial charge < -0.3 is 20.5 Å². The molecule has 0 radical (unpaired) electrons. The quantitative estimate of drug-likeness (QED) is 0.424. The predicted octanol–water partition coefficient (Wildman–Crippen LogP) is 4.34. The standard InChI is InChI=1S/C26H37N3O5S/c1-26(2,3)24(29-25(30)31)18-5-10-21(11-6-18)28-16-20-15-19(9-14-23(20)34-4)17-7-12-22(13-8-17)35(27,32)33/h7-9,12-15,18,21,24,28-29H,5-6,10-11,16H2,1-4H3,(H,30,31)(H2,27,32,33). The van der Waals surface area contributed by atoms with E-state index in [1.165, 1.54) is 12.1 Å². The van der Waals surface area contributed by atoms with Crippen molar-refractivity contribution in [2.75, 3.05) is 7.11 Å². The van der Waals surface area contributed by atoms with Crippen molar-refractivity contribution in [2.45, 2.75) is 70.0 Å². The number of amides is 1. The first kappa shape index (κ1) is 27.0. The summed E-state index contributed by atoms with van der Waals surface area (Å²) < 4.78 is 28.6. The summed E-state index contributed by atoms with van der Waals surface area (Å²) in [6, 6.07) is 12.7. The van der Waals surface area contributed by atoms with Gasteiger partial charge in [-0.1, -0.05) is 39.0 Å². The van der Waals surface area contributed by atoms with Crippen LogP contribution in [0.2, 0.25) is 0 Å². The number of primary sulfonamides is 1. The van der Waals surface area contributed by atoms with Crippen LogP contribution in [-0.4, -0.2) is 38.8 Å². The molecule has 1 saturated carbocycles. The Morgan fingerprint density at radius 1 is 1.09 bits per heavy atom. The fraction of sp³-hybridized carbons (Fsp3) is 0.500. The molecule has 1 fully saturated rings. The van der Waals surface area contributed by atoms with Crippen LogP contribution in [0.25, 0.3) is 11.1 Å². The smallest absolute Gasteiger partial charge is 0.404 e. The maximum absolute atomic E-state index is 11.5. The number of rotatable bonds is 8. The van der Waals surface area contributed by atoms with Crippen LogP contribution in [0.4, 0.5) is 4.79 Å². The van der Waals surface area contributed by atoms with E-state index in [0.29, 0.717) is 18.5 Å². The molecule has 1 amide bonds. The summed E-state index contributed by atoms with van der Waals surface area (Å²) in [5, 5.41) is 20.9. The zero-order valence-electron chi connectivity index (χ0n) is 20.9. The molecule has 0 aliphatic heterocycles. The Kier molecular flexibility index (Phi) is 8.46. The molecule has 0 heterocycles. The second-order valence-corrected chi connectivity index (χ2v) is 11.9. The molecule has 35 heavy (non-hydrogen) atoms. The van der Waals surface area contributed by atoms with Crippen LogP contribution >= 0.6 is 0 Å². The molecular formula is C26H37N3O5S. The maximum atomic E-state index is 11.5. The highest BCUT2D eigenvalue weighted by atomic mass is 32.2. The van der Waals surface area contributed by atoms with Crippen LogP contribution in [0.15, 0.2) is 47.4 Å². The topological polar surface area (TPSA) is 131 Å². The third kappa shape index (κ3) is 7.19. The summed E-state index contributed by atoms with van der Waals surface area (Å²) in [7, 11) is -2.08. The SMILES string of the molecule is COc1ccc(-c2ccc(S(N)(=O)=O)cc2)cc1CNC1CCC(C(NC(=O)O)C(C)(C)C)CC1. The molecule has 1 aliphatic rings. The van der Waals surface area contributed by atoms with Crippen LogP contribution in [-0.2, 0) is 16.6 Å². The van der Waals surface area contributed by atoms with Crippen molar-refractivity contribution in [3.05, 3.63) is 48.0 Å². The Morgan fingerprint density at radius 2 is 1.69 bits per heavy atom. The fourth-order valence-corrected chi connectivity index (χ4v) is 5.53. The lowest BCUT2D eigenvalue weighted by atomic mass is 9.72. The van der Waals surface area contributed by atoms with Crippen molar-refractivity contribution in [3.63, 3.8) is 0 Å². The molecule has 0 bridgehead atoms. The first-order chi connectivity index (χ1) is 16.4. The van der Waals surface area contributed by atoms with Crippen LogP contribution in [0.5, 0.6) is 5.75 Å². The van der Waals surface area contributed by atoms with Crippen LogP contribution < -0.4 is 20.5 Å². The maximum Gasteiger partial charge on any atom is 0.404 e. The molecule has 9 heteroatoms. The van der Waals surface area contributed by atoms with Crippen LogP contribution in [0, 0.1) is 11.3 Å². The summed E-state index contributed by atoms with van der Waals surface area (Å²) in [5.74, 6) is 1.11. The zero-order chi connectivity index (χ0) is 25.8. The van der Waals surface area contributed by atoms with E-state index in [9.17, 15) is 18.3 Å². The van der Waals surface area contributed by atoms with Crippen molar-refractivity contribution in [1.29, 1.82) is 0 Å². The second kappa shape index (κ2) is 11.0. The Bertz CT molecular complexity index is 1120. The van der Waals surface area contributed by atoms with E-state index in [2.05, 4.69) is 37.5 Å². The monoisotopic (exact) mass is 503 g/mol. The molecule has 2 aromatic carbocycles. The average Bonchev–Trinajstić information content (AvgIpc) is 2.80. The summed E-state index contributed by atoms with van der Waals surface area (Å²) in [6.07, 6.45) is 2.93. The van der Waals surface area contributed by atoms with E-state index >= 15 is 0 Å². The molecule has 1 aliphatic carbocycles. The summed E-state index contributed by atoms with van der Waals surface area (Å²) in [6.45, 7) is 6.89. The largest absolute Gasteiger partial charge is 0.496 e. The van der Waals surface area contributed by atoms with Gasteiger partial charge in [0.2, 0.25) is 10.0 Å². The van der Waals surface area contributed by atoms with E-state index in [0.717, 1.165) is 48.1 Å². The average molecular weight is 504 g/mol. The summed E-state index contributed by atoms with van der Waals surface area (Å²) in [5.41, 5.74) is 2.73. The predicted molar refractivity (Wildman–Crippen MR) is 137 cm³/mol. The lowest BCUT2D eigenvalue weighted by Crippen LogP contribution is -2.50. The van der Waals surface area contributed by atoms with Crippen molar-refractivity contribution in [2.24, 2.45) is 16.5 Å². The third-order valence-corrected chi connectivity index (χ3v) is 7.76. The fourth-order valence-electron chi connectivity index (χ4n) is 5.02. The minimum absolute atomic E-state index is 0.0710. The van der Waals surface area contributed by atoms with Crippen molar-refractivity contribution < 1.29 is 23.1 Å². The van der Waals surface area contributed by atoms with Crippen LogP contribution in [0.1, 0.15) is 52.0 Å². The van der Waals surface area contributed by atoms with Gasteiger partial charge in [0.25, 0.3) is 0 Å². The van der Waals surface area contributed by atoms with Crippen LogP contribution in [0.3, 0.4) is 0 Å². The van der Waals surface area contributed by atoms with Gasteiger partial charge in [-0.3, -0.25) is 0 Å². The second-order valence-electron chi connectivity index (χ2n) is 10.4. The molecule has 0 aromatic heterocycles. The molecule has 1 atom stereocenters. The zero-order valence-corrected chi connectivity index (χ0v) is 21.7. The number of methoxy groups -OCH3 is 1. The van der Waals surface area contributed by atoms with Gasteiger partial charge >= 0.3 is 6.09 Å². The molecule has 8 nitrogen and oxygen atoms in total. The van der Waals surface area contributed by atoms with E-state index in [1.54, 1.807) is 19.2 Å². The van der Waals surface area contributed by atoms with Crippen molar-refractivity contribution in [1.82, 2.24) is 10.6 Å². The molecule has 1 unspecified atom stereocenters. The number of ether oxygens (including phenoxy) is 1. The Balaban J connectivity index is 1.65. The summed E-state index contributed by atoms with van der Waals surface area (Å²) >= 11 is 0. The number of carboxylic acid groups (broad SMARTS) is 1. The van der Waals surface area contributed by atoms with E-state index in [-0.39, 0.29) is 16.4 Å². The normalized spacial score (nSPS) is 19.7. The van der Waals surface area contributed by atoms with Gasteiger partial charge in [-0.05, 0) is 72.4 Å². The minimum Gasteiger partial charge on any atom is -0.496 e. The molecule has 0 saturated heterocycles. The van der Waals surface area contributed by atoms with Gasteiger partial charge in [-0.2, -0.15) is 0 Å². The number of hydrogen-bond donors (Lipinski definition) is 4. The third-order valence-electron chi connectivity index (χ3n) is 6.83. The highest BCUT2D eigenvalue weighted by Crippen LogP contribution is 2.35. The molecule has 0 spiro atoms. The number of benzene rings is 2. The van der Waals surface area contributed by atoms with Gasteiger partial charge in [-0.15, -0.1) is 0 Å². The first-order valence-electron chi connectivity index (χ1n) is 11.9. The first-order valence-corrected chi connectivity index (χ1v) is 13.5. The van der Waals surface area contributed by atoms with Crippen molar-refractivity contribution in [3.8, 4) is 16.9 Å². The van der Waals surface area contributed by atoms with Gasteiger partial charge in [0.15, 0.2) is 0 Å². The van der Waals surface area contributed by atoms with Crippen molar-refractivity contribution >= 4 is 16.1 Å². The number of nitrogens with two attached hydrogens (primary N) is 1. The highest BCUT2D eigenvalue weighted by molar-refractivity contribution is 7.89. The minimum atomic E-state index is -3.73. The number of nitrogens with one attached hydrogen (secondary N) is 2. The molecule has 192 valence electrons.